The van der Waals surface area contributed by atoms with E-state index in [0.717, 1.165) is 0 Å². The summed E-state index contributed by atoms with van der Waals surface area (Å²) in [7, 11) is 0. The summed E-state index contributed by atoms with van der Waals surface area (Å²) in [5.74, 6) is -8.34. The standard InChI is InChI=1S/C39H56O15/c1-2-36(21-52-33(46)37(15-24-18-49-24)12-6-3-9-27(37)30(40)41,22-53-34(47)38(16-25-19-50-25)13-7-4-10-28(38)31(42)43)23-54-35(48)39(17-26-20-51-26)14-8-5-11-29(39)32(44)45/h24-29H,2-23H2,1H3,(H,40,41)(H,42,43)(H,44,45). The first-order valence-corrected chi connectivity index (χ1v) is 19.8. The fourth-order valence-corrected chi connectivity index (χ4v) is 9.81. The fraction of sp³-hybridized carbons (Fsp3) is 0.846. The minimum Gasteiger partial charge on any atom is -0.481 e. The molecule has 9 atom stereocenters. The Labute approximate surface area is 315 Å². The van der Waals surface area contributed by atoms with E-state index in [-0.39, 0.29) is 44.0 Å². The summed E-state index contributed by atoms with van der Waals surface area (Å²) in [6.45, 7) is 1.82. The van der Waals surface area contributed by atoms with Crippen LogP contribution in [0.5, 0.6) is 0 Å². The number of esters is 3. The Morgan fingerprint density at radius 3 is 1.04 bits per heavy atom. The molecule has 0 aromatic heterocycles. The summed E-state index contributed by atoms with van der Waals surface area (Å²) in [6.07, 6.45) is 5.64. The number of aliphatic carboxylic acids is 3. The van der Waals surface area contributed by atoms with Gasteiger partial charge in [0.25, 0.3) is 0 Å². The molecular weight excluding hydrogens is 708 g/mol. The van der Waals surface area contributed by atoms with Gasteiger partial charge in [0.1, 0.15) is 19.8 Å². The van der Waals surface area contributed by atoms with Crippen molar-refractivity contribution in [1.82, 2.24) is 0 Å². The summed E-state index contributed by atoms with van der Waals surface area (Å²) < 4.78 is 34.5. The summed E-state index contributed by atoms with van der Waals surface area (Å²) in [4.78, 5) is 80.1. The van der Waals surface area contributed by atoms with E-state index >= 15 is 0 Å². The molecule has 15 heteroatoms. The molecule has 3 N–H and O–H groups in total. The van der Waals surface area contributed by atoms with E-state index in [1.165, 1.54) is 0 Å². The molecule has 6 rings (SSSR count). The smallest absolute Gasteiger partial charge is 0.313 e. The molecule has 0 aromatic rings. The van der Waals surface area contributed by atoms with Crippen LogP contribution in [0, 0.1) is 39.4 Å². The lowest BCUT2D eigenvalue weighted by atomic mass is 9.63. The van der Waals surface area contributed by atoms with Crippen molar-refractivity contribution in [2.75, 3.05) is 39.6 Å². The zero-order valence-corrected chi connectivity index (χ0v) is 31.3. The first kappa shape index (κ1) is 40.4. The van der Waals surface area contributed by atoms with Crippen molar-refractivity contribution in [3.8, 4) is 0 Å². The van der Waals surface area contributed by atoms with Crippen molar-refractivity contribution in [3.05, 3.63) is 0 Å². The van der Waals surface area contributed by atoms with E-state index < -0.39 is 95.1 Å². The molecule has 6 aliphatic rings. The molecule has 0 amide bonds. The maximum Gasteiger partial charge on any atom is 0.313 e. The number of carboxylic acids is 3. The zero-order valence-electron chi connectivity index (χ0n) is 31.3. The Bertz CT molecular complexity index is 1270. The van der Waals surface area contributed by atoms with Crippen molar-refractivity contribution in [2.45, 2.75) is 128 Å². The number of epoxide rings is 3. The Balaban J connectivity index is 1.27. The van der Waals surface area contributed by atoms with Gasteiger partial charge < -0.3 is 43.7 Å². The van der Waals surface area contributed by atoms with E-state index in [1.807, 2.05) is 0 Å². The van der Waals surface area contributed by atoms with Crippen LogP contribution in [-0.4, -0.2) is 109 Å². The lowest BCUT2D eigenvalue weighted by Gasteiger charge is -2.43. The predicted molar refractivity (Wildman–Crippen MR) is 185 cm³/mol. The average molecular weight is 765 g/mol. The van der Waals surface area contributed by atoms with Gasteiger partial charge in [0.05, 0.1) is 77.5 Å². The molecule has 54 heavy (non-hydrogen) atoms. The van der Waals surface area contributed by atoms with Crippen LogP contribution in [0.1, 0.15) is 110 Å². The Hall–Kier alpha value is -3.30. The predicted octanol–water partition coefficient (Wildman–Crippen LogP) is 4.16. The number of ether oxygens (including phenoxy) is 6. The van der Waals surface area contributed by atoms with Crippen LogP contribution < -0.4 is 0 Å². The highest BCUT2D eigenvalue weighted by atomic mass is 16.6. The first-order valence-electron chi connectivity index (χ1n) is 19.8. The highest BCUT2D eigenvalue weighted by Crippen LogP contribution is 2.51. The molecule has 9 unspecified atom stereocenters. The minimum absolute atomic E-state index is 0.171. The quantitative estimate of drug-likeness (QED) is 0.0953. The van der Waals surface area contributed by atoms with Crippen molar-refractivity contribution < 1.29 is 72.5 Å². The minimum atomic E-state index is -1.34. The maximum atomic E-state index is 14.2. The SMILES string of the molecule is CCC(COC(=O)C1(CC2CO2)CCCCC1C(=O)O)(COC(=O)C1(CC2CO2)CCCCC1C(=O)O)COC(=O)C1(CC2CO2)CCCCC1C(=O)O. The summed E-state index contributed by atoms with van der Waals surface area (Å²) in [6, 6.07) is 0. The molecule has 6 fully saturated rings. The number of hydrogen-bond donors (Lipinski definition) is 3. The van der Waals surface area contributed by atoms with Crippen molar-refractivity contribution >= 4 is 35.8 Å². The Morgan fingerprint density at radius 2 is 0.815 bits per heavy atom. The third-order valence-electron chi connectivity index (χ3n) is 13.5. The van der Waals surface area contributed by atoms with Crippen LogP contribution in [-0.2, 0) is 57.2 Å². The van der Waals surface area contributed by atoms with E-state index in [4.69, 9.17) is 28.4 Å². The topological polar surface area (TPSA) is 228 Å². The zero-order chi connectivity index (χ0) is 38.7. The third-order valence-corrected chi connectivity index (χ3v) is 13.5. The molecule has 3 aliphatic heterocycles. The number of carbonyl (C=O) groups is 6. The van der Waals surface area contributed by atoms with Crippen LogP contribution >= 0.6 is 0 Å². The molecule has 3 aliphatic carbocycles. The molecule has 3 heterocycles. The summed E-state index contributed by atoms with van der Waals surface area (Å²) >= 11 is 0. The molecule has 3 saturated carbocycles. The van der Waals surface area contributed by atoms with E-state index in [1.54, 1.807) is 6.92 Å². The molecule has 3 saturated heterocycles. The van der Waals surface area contributed by atoms with Crippen LogP contribution in [0.3, 0.4) is 0 Å². The van der Waals surface area contributed by atoms with Crippen molar-refractivity contribution in [2.24, 2.45) is 39.4 Å². The van der Waals surface area contributed by atoms with E-state index in [2.05, 4.69) is 0 Å². The van der Waals surface area contributed by atoms with Crippen LogP contribution in [0.4, 0.5) is 0 Å². The van der Waals surface area contributed by atoms with E-state index in [9.17, 15) is 44.1 Å². The molecular formula is C39H56O15. The van der Waals surface area contributed by atoms with Crippen molar-refractivity contribution in [1.29, 1.82) is 0 Å². The monoisotopic (exact) mass is 764 g/mol. The molecule has 0 bridgehead atoms. The van der Waals surface area contributed by atoms with Gasteiger partial charge >= 0.3 is 35.8 Å². The van der Waals surface area contributed by atoms with Crippen molar-refractivity contribution in [3.63, 3.8) is 0 Å². The first-order chi connectivity index (χ1) is 25.8. The number of carboxylic acid groups (broad SMARTS) is 3. The van der Waals surface area contributed by atoms with Crippen LogP contribution in [0.25, 0.3) is 0 Å². The number of carbonyl (C=O) groups excluding carboxylic acids is 3. The van der Waals surface area contributed by atoms with Gasteiger partial charge in [0.2, 0.25) is 0 Å². The Kier molecular flexibility index (Phi) is 12.3. The molecule has 0 aromatic carbocycles. The Morgan fingerprint density at radius 1 is 0.537 bits per heavy atom. The summed E-state index contributed by atoms with van der Waals surface area (Å²) in [5, 5.41) is 30.6. The lowest BCUT2D eigenvalue weighted by Crippen LogP contribution is -2.51. The molecule has 15 nitrogen and oxygen atoms in total. The normalized spacial score (nSPS) is 36.8. The maximum absolute atomic E-state index is 14.2. The highest BCUT2D eigenvalue weighted by Gasteiger charge is 2.58. The van der Waals surface area contributed by atoms with Crippen LogP contribution in [0.2, 0.25) is 0 Å². The molecule has 0 radical (unpaired) electrons. The van der Waals surface area contributed by atoms with E-state index in [0.29, 0.717) is 96.9 Å². The van der Waals surface area contributed by atoms with Gasteiger partial charge in [-0.05, 0) is 64.2 Å². The lowest BCUT2D eigenvalue weighted by molar-refractivity contribution is -0.188. The largest absolute Gasteiger partial charge is 0.481 e. The summed E-state index contributed by atoms with van der Waals surface area (Å²) in [5.41, 5.74) is -5.35. The molecule has 0 spiro atoms. The third kappa shape index (κ3) is 8.57. The fourth-order valence-electron chi connectivity index (χ4n) is 9.81. The second-order valence-electron chi connectivity index (χ2n) is 16.9. The van der Waals surface area contributed by atoms with Crippen LogP contribution in [0.15, 0.2) is 0 Å². The second kappa shape index (κ2) is 16.4. The number of rotatable bonds is 19. The second-order valence-corrected chi connectivity index (χ2v) is 16.9. The van der Waals surface area contributed by atoms with Gasteiger partial charge in [-0.3, -0.25) is 28.8 Å². The van der Waals surface area contributed by atoms with Gasteiger partial charge in [-0.25, -0.2) is 0 Å². The van der Waals surface area contributed by atoms with Gasteiger partial charge in [0.15, 0.2) is 0 Å². The van der Waals surface area contributed by atoms with Gasteiger partial charge in [-0.15, -0.1) is 0 Å². The average Bonchev–Trinajstić information content (AvgIpc) is 4.01. The van der Waals surface area contributed by atoms with Gasteiger partial charge in [-0.1, -0.05) is 45.4 Å². The highest BCUT2D eigenvalue weighted by molar-refractivity contribution is 5.87. The van der Waals surface area contributed by atoms with Gasteiger partial charge in [-0.2, -0.15) is 0 Å². The van der Waals surface area contributed by atoms with Gasteiger partial charge in [0, 0.05) is 0 Å². The molecule has 302 valence electrons. The number of hydrogen-bond acceptors (Lipinski definition) is 12.